The van der Waals surface area contributed by atoms with Crippen LogP contribution in [0, 0.1) is 22.5 Å². The maximum atomic E-state index is 15.1. The predicted octanol–water partition coefficient (Wildman–Crippen LogP) is 3.82. The van der Waals surface area contributed by atoms with Crippen molar-refractivity contribution in [1.82, 2.24) is 5.32 Å². The maximum absolute atomic E-state index is 15.1. The molecule has 0 bridgehead atoms. The number of amidine groups is 1. The van der Waals surface area contributed by atoms with Gasteiger partial charge in [-0.15, -0.1) is 0 Å². The van der Waals surface area contributed by atoms with Crippen molar-refractivity contribution in [2.75, 3.05) is 13.2 Å². The molecule has 2 aromatic carbocycles. The number of nitrogen functional groups attached to an aromatic ring is 1. The van der Waals surface area contributed by atoms with Crippen LogP contribution >= 0.6 is 0 Å². The molecule has 0 heterocycles. The van der Waals surface area contributed by atoms with Crippen molar-refractivity contribution in [3.05, 3.63) is 64.7 Å². The SMILES string of the molecule is CCO[C@H](C(=O)NCc1ccc(C(=N)N)cc1)c1c(F)ccc(OCC2(C)CC2)c1F. The summed E-state index contributed by atoms with van der Waals surface area (Å²) in [6.07, 6.45) is 0.543. The summed E-state index contributed by atoms with van der Waals surface area (Å²) in [5.41, 5.74) is 6.28. The van der Waals surface area contributed by atoms with Crippen LogP contribution in [0.25, 0.3) is 0 Å². The number of ether oxygens (including phenoxy) is 2. The van der Waals surface area contributed by atoms with E-state index in [4.69, 9.17) is 20.6 Å². The third-order valence-corrected chi connectivity index (χ3v) is 5.34. The third kappa shape index (κ3) is 5.58. The van der Waals surface area contributed by atoms with E-state index >= 15 is 4.39 Å². The van der Waals surface area contributed by atoms with E-state index in [0.717, 1.165) is 24.5 Å². The molecular weight excluding hydrogens is 404 g/mol. The van der Waals surface area contributed by atoms with Crippen LogP contribution in [0.4, 0.5) is 8.78 Å². The van der Waals surface area contributed by atoms with Gasteiger partial charge in [-0.05, 0) is 37.5 Å². The number of carbonyl (C=O) groups excluding carboxylic acids is 1. The fraction of sp³-hybridized carbons (Fsp3) is 0.391. The average Bonchev–Trinajstić information content (AvgIpc) is 3.48. The molecule has 1 aliphatic carbocycles. The minimum absolute atomic E-state index is 0.0234. The number of nitrogens with one attached hydrogen (secondary N) is 2. The predicted molar refractivity (Wildman–Crippen MR) is 113 cm³/mol. The van der Waals surface area contributed by atoms with Crippen LogP contribution in [-0.2, 0) is 16.1 Å². The van der Waals surface area contributed by atoms with Crippen LogP contribution in [0.5, 0.6) is 5.75 Å². The molecule has 1 saturated carbocycles. The molecule has 4 N–H and O–H groups in total. The molecule has 2 aromatic rings. The summed E-state index contributed by atoms with van der Waals surface area (Å²) >= 11 is 0. The van der Waals surface area contributed by atoms with Crippen molar-refractivity contribution in [2.45, 2.75) is 39.3 Å². The molecule has 6 nitrogen and oxygen atoms in total. The lowest BCUT2D eigenvalue weighted by molar-refractivity contribution is -0.133. The molecule has 3 rings (SSSR count). The highest BCUT2D eigenvalue weighted by Gasteiger charge is 2.38. The smallest absolute Gasteiger partial charge is 0.254 e. The van der Waals surface area contributed by atoms with Gasteiger partial charge in [-0.1, -0.05) is 31.2 Å². The molecule has 0 spiro atoms. The van der Waals surface area contributed by atoms with Crippen molar-refractivity contribution in [3.63, 3.8) is 0 Å². The Hall–Kier alpha value is -3.00. The number of hydrogen-bond donors (Lipinski definition) is 3. The highest BCUT2D eigenvalue weighted by molar-refractivity contribution is 5.94. The van der Waals surface area contributed by atoms with Crippen LogP contribution in [-0.4, -0.2) is 25.0 Å². The van der Waals surface area contributed by atoms with E-state index in [9.17, 15) is 9.18 Å². The minimum atomic E-state index is -1.46. The molecule has 31 heavy (non-hydrogen) atoms. The Balaban J connectivity index is 1.75. The number of carbonyl (C=O) groups is 1. The molecule has 0 unspecified atom stereocenters. The second-order valence-electron chi connectivity index (χ2n) is 8.04. The summed E-state index contributed by atoms with van der Waals surface area (Å²) in [4.78, 5) is 12.8. The molecule has 166 valence electrons. The van der Waals surface area contributed by atoms with Crippen LogP contribution < -0.4 is 15.8 Å². The Morgan fingerprint density at radius 1 is 1.23 bits per heavy atom. The number of nitrogens with two attached hydrogens (primary N) is 1. The molecule has 8 heteroatoms. The lowest BCUT2D eigenvalue weighted by atomic mass is 10.1. The maximum Gasteiger partial charge on any atom is 0.254 e. The number of benzene rings is 2. The van der Waals surface area contributed by atoms with E-state index in [1.807, 2.05) is 6.92 Å². The lowest BCUT2D eigenvalue weighted by Gasteiger charge is -2.20. The Morgan fingerprint density at radius 2 is 1.90 bits per heavy atom. The third-order valence-electron chi connectivity index (χ3n) is 5.34. The first-order valence-electron chi connectivity index (χ1n) is 10.2. The van der Waals surface area contributed by atoms with Gasteiger partial charge in [-0.25, -0.2) is 8.78 Å². The first-order valence-corrected chi connectivity index (χ1v) is 10.2. The number of hydrogen-bond acceptors (Lipinski definition) is 4. The Bertz CT molecular complexity index is 959. The van der Waals surface area contributed by atoms with Gasteiger partial charge in [0.2, 0.25) is 0 Å². The summed E-state index contributed by atoms with van der Waals surface area (Å²) in [5.74, 6) is -2.62. The highest BCUT2D eigenvalue weighted by atomic mass is 19.1. The molecule has 0 saturated heterocycles. The van der Waals surface area contributed by atoms with Crippen LogP contribution in [0.2, 0.25) is 0 Å². The molecule has 1 fully saturated rings. The number of halogens is 2. The van der Waals surface area contributed by atoms with E-state index in [1.165, 1.54) is 6.07 Å². The molecule has 0 aliphatic heterocycles. The molecule has 1 amide bonds. The Labute approximate surface area is 180 Å². The van der Waals surface area contributed by atoms with Gasteiger partial charge in [0.05, 0.1) is 12.2 Å². The van der Waals surface area contributed by atoms with Crippen LogP contribution in [0.1, 0.15) is 49.5 Å². The van der Waals surface area contributed by atoms with Gasteiger partial charge in [-0.2, -0.15) is 0 Å². The van der Waals surface area contributed by atoms with Gasteiger partial charge < -0.3 is 20.5 Å². The fourth-order valence-electron chi connectivity index (χ4n) is 3.05. The monoisotopic (exact) mass is 431 g/mol. The molecule has 1 atom stereocenters. The first kappa shape index (κ1) is 22.7. The second kappa shape index (κ2) is 9.43. The van der Waals surface area contributed by atoms with Gasteiger partial charge in [0.15, 0.2) is 17.7 Å². The van der Waals surface area contributed by atoms with E-state index in [-0.39, 0.29) is 30.2 Å². The van der Waals surface area contributed by atoms with E-state index in [2.05, 4.69) is 5.32 Å². The second-order valence-corrected chi connectivity index (χ2v) is 8.04. The molecule has 0 radical (unpaired) electrons. The van der Waals surface area contributed by atoms with E-state index < -0.39 is 29.2 Å². The summed E-state index contributed by atoms with van der Waals surface area (Å²) < 4.78 is 40.6. The van der Waals surface area contributed by atoms with Gasteiger partial charge in [0, 0.05) is 24.1 Å². The topological polar surface area (TPSA) is 97.4 Å². The van der Waals surface area contributed by atoms with Gasteiger partial charge in [-0.3, -0.25) is 10.2 Å². The molecular formula is C23H27F2N3O3. The largest absolute Gasteiger partial charge is 0.490 e. The molecule has 1 aliphatic rings. The van der Waals surface area contributed by atoms with Gasteiger partial charge in [0.1, 0.15) is 11.7 Å². The summed E-state index contributed by atoms with van der Waals surface area (Å²) in [7, 11) is 0. The number of amides is 1. The minimum Gasteiger partial charge on any atom is -0.490 e. The zero-order valence-corrected chi connectivity index (χ0v) is 17.6. The Kier molecular flexibility index (Phi) is 6.90. The summed E-state index contributed by atoms with van der Waals surface area (Å²) in [5, 5.41) is 10.1. The normalized spacial score (nSPS) is 15.2. The standard InChI is InChI=1S/C23H27F2N3O3/c1-3-30-20(22(29)28-12-14-4-6-15(7-5-14)21(26)27)18-16(24)8-9-17(19(18)25)31-13-23(2)10-11-23/h4-9,20H,3,10-13H2,1-2H3,(H3,26,27)(H,28,29)/t20-/m0/s1. The van der Waals surface area contributed by atoms with Crippen molar-refractivity contribution in [1.29, 1.82) is 5.41 Å². The van der Waals surface area contributed by atoms with Crippen LogP contribution in [0.3, 0.4) is 0 Å². The Morgan fingerprint density at radius 3 is 2.48 bits per heavy atom. The quantitative estimate of drug-likeness (QED) is 0.393. The fourth-order valence-corrected chi connectivity index (χ4v) is 3.05. The summed E-state index contributed by atoms with van der Waals surface area (Å²) in [6, 6.07) is 9.05. The van der Waals surface area contributed by atoms with E-state index in [0.29, 0.717) is 12.2 Å². The van der Waals surface area contributed by atoms with Crippen molar-refractivity contribution in [3.8, 4) is 5.75 Å². The molecule has 0 aromatic heterocycles. The summed E-state index contributed by atoms with van der Waals surface area (Å²) in [6.45, 7) is 4.22. The average molecular weight is 431 g/mol. The highest BCUT2D eigenvalue weighted by Crippen LogP contribution is 2.45. The first-order chi connectivity index (χ1) is 14.7. The van der Waals surface area contributed by atoms with Crippen molar-refractivity contribution >= 4 is 11.7 Å². The van der Waals surface area contributed by atoms with Crippen molar-refractivity contribution < 1.29 is 23.0 Å². The number of rotatable bonds is 10. The van der Waals surface area contributed by atoms with Crippen LogP contribution in [0.15, 0.2) is 36.4 Å². The lowest BCUT2D eigenvalue weighted by Crippen LogP contribution is -2.32. The van der Waals surface area contributed by atoms with Gasteiger partial charge in [0.25, 0.3) is 5.91 Å². The van der Waals surface area contributed by atoms with Crippen molar-refractivity contribution in [2.24, 2.45) is 11.1 Å². The zero-order chi connectivity index (χ0) is 22.6. The van der Waals surface area contributed by atoms with Gasteiger partial charge >= 0.3 is 0 Å². The zero-order valence-electron chi connectivity index (χ0n) is 17.6. The van der Waals surface area contributed by atoms with E-state index in [1.54, 1.807) is 31.2 Å².